The monoisotopic (exact) mass is 512 g/mol. The number of nitrogens with zero attached hydrogens (tertiary/aromatic N) is 2. The van der Waals surface area contributed by atoms with Gasteiger partial charge in [-0.25, -0.2) is 4.79 Å². The average Bonchev–Trinajstić information content (AvgIpc) is 3.74. The molecule has 7 heteroatoms. The minimum absolute atomic E-state index is 0.173. The molecule has 0 aromatic heterocycles. The Bertz CT molecular complexity index is 1250. The fourth-order valence-electron chi connectivity index (χ4n) is 5.09. The highest BCUT2D eigenvalue weighted by molar-refractivity contribution is 6.06. The van der Waals surface area contributed by atoms with Crippen molar-refractivity contribution in [3.8, 4) is 0 Å². The number of carbonyl (C=O) groups excluding carboxylic acids is 2. The number of nitrogens with one attached hydrogen (secondary N) is 2. The predicted octanol–water partition coefficient (Wildman–Crippen LogP) is 5.95. The summed E-state index contributed by atoms with van der Waals surface area (Å²) in [5.41, 5.74) is 4.92. The van der Waals surface area contributed by atoms with E-state index < -0.39 is 6.09 Å². The molecule has 7 nitrogen and oxygen atoms in total. The van der Waals surface area contributed by atoms with Gasteiger partial charge in [-0.3, -0.25) is 10.1 Å². The van der Waals surface area contributed by atoms with Crippen LogP contribution < -0.4 is 15.5 Å². The maximum Gasteiger partial charge on any atom is 0.412 e. The molecule has 2 atom stereocenters. The number of amides is 2. The Labute approximate surface area is 224 Å². The number of hydrogen-bond donors (Lipinski definition) is 2. The predicted molar refractivity (Wildman–Crippen MR) is 152 cm³/mol. The normalized spacial score (nSPS) is 19.1. The number of carbonyl (C=O) groups is 2. The van der Waals surface area contributed by atoms with Crippen LogP contribution in [0.4, 0.5) is 21.9 Å². The van der Waals surface area contributed by atoms with Crippen molar-refractivity contribution < 1.29 is 14.3 Å². The zero-order valence-corrected chi connectivity index (χ0v) is 22.2. The fourth-order valence-corrected chi connectivity index (χ4v) is 5.09. The van der Waals surface area contributed by atoms with Gasteiger partial charge in [-0.15, -0.1) is 0 Å². The van der Waals surface area contributed by atoms with Crippen molar-refractivity contribution in [2.75, 3.05) is 48.8 Å². The van der Waals surface area contributed by atoms with Crippen LogP contribution in [0, 0.1) is 5.92 Å². The van der Waals surface area contributed by atoms with Gasteiger partial charge in [0.15, 0.2) is 0 Å². The van der Waals surface area contributed by atoms with Crippen LogP contribution in [0.3, 0.4) is 0 Å². The Morgan fingerprint density at radius 3 is 2.34 bits per heavy atom. The lowest BCUT2D eigenvalue weighted by molar-refractivity contribution is 0.102. The average molecular weight is 513 g/mol. The summed E-state index contributed by atoms with van der Waals surface area (Å²) >= 11 is 0. The highest BCUT2D eigenvalue weighted by Crippen LogP contribution is 2.49. The van der Waals surface area contributed by atoms with Gasteiger partial charge in [-0.05, 0) is 66.8 Å². The first-order valence-electron chi connectivity index (χ1n) is 13.5. The lowest BCUT2D eigenvalue weighted by atomic mass is 10.1. The van der Waals surface area contributed by atoms with Gasteiger partial charge in [0.25, 0.3) is 5.91 Å². The lowest BCUT2D eigenvalue weighted by Gasteiger charge is -2.35. The second kappa shape index (κ2) is 11.7. The molecule has 1 aliphatic heterocycles. The molecule has 198 valence electrons. The maximum atomic E-state index is 13.1. The van der Waals surface area contributed by atoms with E-state index in [9.17, 15) is 9.59 Å². The molecule has 2 amide bonds. The first kappa shape index (κ1) is 25.8. The summed E-state index contributed by atoms with van der Waals surface area (Å²) in [5, 5.41) is 5.89. The van der Waals surface area contributed by atoms with Crippen LogP contribution in [-0.2, 0) is 11.3 Å². The molecule has 2 aliphatic rings. The van der Waals surface area contributed by atoms with Crippen LogP contribution in [0.1, 0.15) is 47.2 Å². The van der Waals surface area contributed by atoms with Crippen molar-refractivity contribution in [3.05, 3.63) is 89.5 Å². The maximum absolute atomic E-state index is 13.1. The minimum Gasteiger partial charge on any atom is -0.444 e. The largest absolute Gasteiger partial charge is 0.444 e. The minimum atomic E-state index is -0.553. The first-order valence-corrected chi connectivity index (χ1v) is 13.5. The Balaban J connectivity index is 1.29. The van der Waals surface area contributed by atoms with E-state index in [0.717, 1.165) is 49.0 Å². The van der Waals surface area contributed by atoms with Crippen molar-refractivity contribution in [3.63, 3.8) is 0 Å². The van der Waals surface area contributed by atoms with Gasteiger partial charge < -0.3 is 19.9 Å². The van der Waals surface area contributed by atoms with E-state index in [0.29, 0.717) is 17.2 Å². The zero-order valence-electron chi connectivity index (χ0n) is 22.2. The molecule has 1 saturated carbocycles. The van der Waals surface area contributed by atoms with E-state index in [1.165, 1.54) is 18.4 Å². The molecule has 1 aliphatic carbocycles. The van der Waals surface area contributed by atoms with Crippen molar-refractivity contribution >= 4 is 29.1 Å². The molecule has 1 saturated heterocycles. The van der Waals surface area contributed by atoms with E-state index in [-0.39, 0.29) is 12.5 Å². The molecular weight excluding hydrogens is 476 g/mol. The van der Waals surface area contributed by atoms with Crippen molar-refractivity contribution in [2.24, 2.45) is 5.92 Å². The number of rotatable bonds is 8. The van der Waals surface area contributed by atoms with E-state index in [2.05, 4.69) is 46.5 Å². The van der Waals surface area contributed by atoms with E-state index in [4.69, 9.17) is 4.74 Å². The third kappa shape index (κ3) is 6.34. The van der Waals surface area contributed by atoms with Crippen molar-refractivity contribution in [2.45, 2.75) is 32.3 Å². The molecule has 0 bridgehead atoms. The standard InChI is InChI=1S/C31H36N4O3/c1-3-23-19-27(23)24-9-12-26(13-10-24)32-30(36)25-11-14-29(35-17-15-34(2)16-18-35)28(20-25)33-31(37)38-21-22-7-5-4-6-8-22/h4-14,20,23,27H,3,15-19,21H2,1-2H3,(H,32,36)(H,33,37)/t23-,27+/m0/s1. The number of piperazine rings is 1. The number of hydrogen-bond acceptors (Lipinski definition) is 5. The van der Waals surface area contributed by atoms with Gasteiger partial charge in [0, 0.05) is 37.4 Å². The van der Waals surface area contributed by atoms with Gasteiger partial charge in [0.2, 0.25) is 0 Å². The third-order valence-corrected chi connectivity index (χ3v) is 7.60. The molecular formula is C31H36N4O3. The van der Waals surface area contributed by atoms with Gasteiger partial charge in [-0.2, -0.15) is 0 Å². The zero-order chi connectivity index (χ0) is 26.5. The van der Waals surface area contributed by atoms with E-state index >= 15 is 0 Å². The molecule has 0 radical (unpaired) electrons. The topological polar surface area (TPSA) is 73.9 Å². The summed E-state index contributed by atoms with van der Waals surface area (Å²) in [6, 6.07) is 23.2. The van der Waals surface area contributed by atoms with Gasteiger partial charge >= 0.3 is 6.09 Å². The van der Waals surface area contributed by atoms with Gasteiger partial charge in [-0.1, -0.05) is 55.8 Å². The van der Waals surface area contributed by atoms with Crippen LogP contribution in [0.25, 0.3) is 0 Å². The number of benzene rings is 3. The third-order valence-electron chi connectivity index (χ3n) is 7.60. The molecule has 2 N–H and O–H groups in total. The Morgan fingerprint density at radius 2 is 1.66 bits per heavy atom. The van der Waals surface area contributed by atoms with E-state index in [1.54, 1.807) is 6.07 Å². The fraction of sp³-hybridized carbons (Fsp3) is 0.355. The molecule has 0 unspecified atom stereocenters. The Hall–Kier alpha value is -3.84. The van der Waals surface area contributed by atoms with Gasteiger partial charge in [0.05, 0.1) is 11.4 Å². The molecule has 1 heterocycles. The highest BCUT2D eigenvalue weighted by Gasteiger charge is 2.36. The Kier molecular flexibility index (Phi) is 7.94. The quantitative estimate of drug-likeness (QED) is 0.390. The SMILES string of the molecule is CC[C@H]1C[C@H]1c1ccc(NC(=O)c2ccc(N3CCN(C)CC3)c(NC(=O)OCc3ccccc3)c2)cc1. The molecule has 3 aromatic rings. The number of likely N-dealkylation sites (N-methyl/N-ethyl adjacent to an activating group) is 1. The van der Waals surface area contributed by atoms with Gasteiger partial charge in [0.1, 0.15) is 6.61 Å². The molecule has 2 fully saturated rings. The summed E-state index contributed by atoms with van der Waals surface area (Å²) in [6.07, 6.45) is 1.91. The molecule has 5 rings (SSSR count). The van der Waals surface area contributed by atoms with E-state index in [1.807, 2.05) is 54.6 Å². The van der Waals surface area contributed by atoms with Crippen molar-refractivity contribution in [1.82, 2.24) is 4.90 Å². The summed E-state index contributed by atoms with van der Waals surface area (Å²) < 4.78 is 5.46. The van der Waals surface area contributed by atoms with Crippen LogP contribution >= 0.6 is 0 Å². The van der Waals surface area contributed by atoms with Crippen LogP contribution in [0.5, 0.6) is 0 Å². The number of anilines is 3. The second-order valence-corrected chi connectivity index (χ2v) is 10.3. The first-order chi connectivity index (χ1) is 18.5. The molecule has 0 spiro atoms. The second-order valence-electron chi connectivity index (χ2n) is 10.3. The number of ether oxygens (including phenoxy) is 1. The summed E-state index contributed by atoms with van der Waals surface area (Å²) in [5.74, 6) is 1.22. The molecule has 38 heavy (non-hydrogen) atoms. The van der Waals surface area contributed by atoms with Crippen molar-refractivity contribution in [1.29, 1.82) is 0 Å². The van der Waals surface area contributed by atoms with Crippen LogP contribution in [-0.4, -0.2) is 50.1 Å². The molecule has 3 aromatic carbocycles. The smallest absolute Gasteiger partial charge is 0.412 e. The summed E-state index contributed by atoms with van der Waals surface area (Å²) in [4.78, 5) is 30.4. The highest BCUT2D eigenvalue weighted by atomic mass is 16.5. The summed E-state index contributed by atoms with van der Waals surface area (Å²) in [6.45, 7) is 5.93. The Morgan fingerprint density at radius 1 is 0.921 bits per heavy atom. The lowest BCUT2D eigenvalue weighted by Crippen LogP contribution is -2.44. The van der Waals surface area contributed by atoms with Crippen LogP contribution in [0.15, 0.2) is 72.8 Å². The summed E-state index contributed by atoms with van der Waals surface area (Å²) in [7, 11) is 2.10. The van der Waals surface area contributed by atoms with Crippen LogP contribution in [0.2, 0.25) is 0 Å².